The summed E-state index contributed by atoms with van der Waals surface area (Å²) in [7, 11) is 0. The summed E-state index contributed by atoms with van der Waals surface area (Å²) >= 11 is 0. The molecule has 1 saturated heterocycles. The summed E-state index contributed by atoms with van der Waals surface area (Å²) in [5, 5.41) is 12.4. The molecule has 7 heteroatoms. The van der Waals surface area contributed by atoms with Gasteiger partial charge in [-0.3, -0.25) is 9.59 Å². The van der Waals surface area contributed by atoms with Crippen LogP contribution >= 0.6 is 0 Å². The number of ether oxygens (including phenoxy) is 1. The molecule has 1 fully saturated rings. The number of nitrogens with zero attached hydrogens (tertiary/aromatic N) is 1. The number of furan rings is 1. The minimum Gasteiger partial charge on any atom is -0.507 e. The lowest BCUT2D eigenvalue weighted by Crippen LogP contribution is -2.29. The summed E-state index contributed by atoms with van der Waals surface area (Å²) in [6.07, 6.45) is 1.53. The fourth-order valence-electron chi connectivity index (χ4n) is 4.90. The number of aromatic amines is 1. The SMILES string of the molecule is Cc1cc(/C(O)=C2\C(=O)C(=O)N(Cc3ccco3)C2c2c(C)[nH]c3ccccc23)ccc1OC(C)C. The summed E-state index contributed by atoms with van der Waals surface area (Å²) in [4.78, 5) is 31.6. The van der Waals surface area contributed by atoms with E-state index in [2.05, 4.69) is 4.98 Å². The predicted molar refractivity (Wildman–Crippen MR) is 137 cm³/mol. The van der Waals surface area contributed by atoms with Gasteiger partial charge >= 0.3 is 0 Å². The maximum atomic E-state index is 13.4. The number of amides is 1. The summed E-state index contributed by atoms with van der Waals surface area (Å²) in [6.45, 7) is 7.77. The number of aryl methyl sites for hydroxylation is 2. The smallest absolute Gasteiger partial charge is 0.296 e. The number of para-hydroxylation sites is 1. The largest absolute Gasteiger partial charge is 0.507 e. The van der Waals surface area contributed by atoms with Gasteiger partial charge in [0, 0.05) is 27.7 Å². The topological polar surface area (TPSA) is 95.8 Å². The third-order valence-electron chi connectivity index (χ3n) is 6.47. The maximum Gasteiger partial charge on any atom is 0.296 e. The van der Waals surface area contributed by atoms with E-state index in [0.717, 1.165) is 27.7 Å². The van der Waals surface area contributed by atoms with E-state index in [9.17, 15) is 14.7 Å². The van der Waals surface area contributed by atoms with Gasteiger partial charge in [0.25, 0.3) is 11.7 Å². The number of fused-ring (bicyclic) bond motifs is 1. The molecule has 7 nitrogen and oxygen atoms in total. The second-order valence-corrected chi connectivity index (χ2v) is 9.36. The second-order valence-electron chi connectivity index (χ2n) is 9.36. The number of nitrogens with one attached hydrogen (secondary N) is 1. The van der Waals surface area contributed by atoms with Crippen LogP contribution in [0.25, 0.3) is 16.7 Å². The average molecular weight is 485 g/mol. The van der Waals surface area contributed by atoms with Crippen LogP contribution in [0, 0.1) is 13.8 Å². The van der Waals surface area contributed by atoms with Crippen LogP contribution in [0.3, 0.4) is 0 Å². The molecule has 5 rings (SSSR count). The number of hydrogen-bond donors (Lipinski definition) is 2. The normalized spacial score (nSPS) is 17.5. The first-order chi connectivity index (χ1) is 17.3. The Morgan fingerprint density at radius 3 is 2.58 bits per heavy atom. The fourth-order valence-corrected chi connectivity index (χ4v) is 4.90. The highest BCUT2D eigenvalue weighted by atomic mass is 16.5. The van der Waals surface area contributed by atoms with Crippen molar-refractivity contribution in [3.05, 3.63) is 94.6 Å². The lowest BCUT2D eigenvalue weighted by Gasteiger charge is -2.25. The molecule has 0 radical (unpaired) electrons. The van der Waals surface area contributed by atoms with Crippen molar-refractivity contribution in [1.82, 2.24) is 9.88 Å². The monoisotopic (exact) mass is 484 g/mol. The Morgan fingerprint density at radius 2 is 1.89 bits per heavy atom. The van der Waals surface area contributed by atoms with E-state index in [4.69, 9.17) is 9.15 Å². The zero-order valence-electron chi connectivity index (χ0n) is 20.7. The minimum absolute atomic E-state index is 0.0000746. The number of rotatable bonds is 6. The number of Topliss-reactive ketones (excluding diaryl/α,β-unsaturated/α-hetero) is 1. The van der Waals surface area contributed by atoms with Crippen molar-refractivity contribution in [2.75, 3.05) is 0 Å². The zero-order chi connectivity index (χ0) is 25.6. The first-order valence-corrected chi connectivity index (χ1v) is 11.9. The van der Waals surface area contributed by atoms with E-state index in [-0.39, 0.29) is 24.0 Å². The number of aliphatic hydroxyl groups excluding tert-OH is 1. The van der Waals surface area contributed by atoms with Crippen molar-refractivity contribution in [3.8, 4) is 5.75 Å². The van der Waals surface area contributed by atoms with Gasteiger partial charge in [-0.2, -0.15) is 0 Å². The van der Waals surface area contributed by atoms with E-state index < -0.39 is 17.7 Å². The number of hydrogen-bond acceptors (Lipinski definition) is 5. The van der Waals surface area contributed by atoms with E-state index >= 15 is 0 Å². The van der Waals surface area contributed by atoms with Crippen LogP contribution in [0.15, 0.2) is 70.9 Å². The number of carbonyl (C=O) groups is 2. The molecule has 2 aromatic carbocycles. The van der Waals surface area contributed by atoms with Crippen LogP contribution < -0.4 is 4.74 Å². The third-order valence-corrected chi connectivity index (χ3v) is 6.47. The molecular formula is C29H28N2O5. The molecule has 1 atom stereocenters. The van der Waals surface area contributed by atoms with Crippen molar-refractivity contribution in [1.29, 1.82) is 0 Å². The quantitative estimate of drug-likeness (QED) is 0.205. The van der Waals surface area contributed by atoms with Gasteiger partial charge in [0.2, 0.25) is 0 Å². The number of aromatic nitrogens is 1. The highest BCUT2D eigenvalue weighted by Crippen LogP contribution is 2.44. The molecule has 1 unspecified atom stereocenters. The molecule has 1 amide bonds. The maximum absolute atomic E-state index is 13.4. The van der Waals surface area contributed by atoms with Crippen LogP contribution in [0.1, 0.15) is 48.0 Å². The fraction of sp³-hybridized carbons (Fsp3) is 0.241. The molecule has 4 aromatic rings. The summed E-state index contributed by atoms with van der Waals surface area (Å²) in [5.74, 6) is -0.383. The summed E-state index contributed by atoms with van der Waals surface area (Å²) < 4.78 is 11.3. The number of benzene rings is 2. The standard InChI is InChI=1S/C29H28N2O5/c1-16(2)36-23-12-11-19(14-17(23)3)27(32)25-26(24-18(4)30-22-10-6-5-9-21(22)24)31(29(34)28(25)33)15-20-8-7-13-35-20/h5-14,16,26,30,32H,15H2,1-4H3/b27-25+. The summed E-state index contributed by atoms with van der Waals surface area (Å²) in [6, 6.07) is 15.7. The number of H-pyrrole nitrogens is 1. The Balaban J connectivity index is 1.70. The van der Waals surface area contributed by atoms with Gasteiger partial charge in [-0.25, -0.2) is 0 Å². The van der Waals surface area contributed by atoms with Gasteiger partial charge in [-0.05, 0) is 69.7 Å². The van der Waals surface area contributed by atoms with Gasteiger partial charge < -0.3 is 24.1 Å². The Hall–Kier alpha value is -4.26. The van der Waals surface area contributed by atoms with Crippen molar-refractivity contribution >= 4 is 28.4 Å². The molecule has 1 aliphatic rings. The highest BCUT2D eigenvalue weighted by Gasteiger charge is 2.47. The molecular weight excluding hydrogens is 456 g/mol. The molecule has 0 bridgehead atoms. The highest BCUT2D eigenvalue weighted by molar-refractivity contribution is 6.46. The first kappa shape index (κ1) is 23.5. The molecule has 0 aliphatic carbocycles. The number of aliphatic hydroxyl groups is 1. The van der Waals surface area contributed by atoms with E-state index in [1.807, 2.05) is 52.0 Å². The van der Waals surface area contributed by atoms with Crippen LogP contribution in [-0.4, -0.2) is 32.8 Å². The molecule has 36 heavy (non-hydrogen) atoms. The molecule has 0 spiro atoms. The van der Waals surface area contributed by atoms with Crippen LogP contribution in [0.4, 0.5) is 0 Å². The van der Waals surface area contributed by atoms with Crippen molar-refractivity contribution in [2.24, 2.45) is 0 Å². The van der Waals surface area contributed by atoms with E-state index in [0.29, 0.717) is 17.1 Å². The molecule has 1 aliphatic heterocycles. The van der Waals surface area contributed by atoms with Gasteiger partial charge in [-0.15, -0.1) is 0 Å². The molecule has 2 aromatic heterocycles. The number of carbonyl (C=O) groups excluding carboxylic acids is 2. The second kappa shape index (κ2) is 9.07. The van der Waals surface area contributed by atoms with Crippen molar-refractivity contribution in [2.45, 2.75) is 46.4 Å². The number of ketones is 1. The van der Waals surface area contributed by atoms with E-state index in [1.165, 1.54) is 11.2 Å². The predicted octanol–water partition coefficient (Wildman–Crippen LogP) is 5.79. The lowest BCUT2D eigenvalue weighted by molar-refractivity contribution is -0.140. The lowest BCUT2D eigenvalue weighted by atomic mass is 9.93. The number of likely N-dealkylation sites (tertiary alicyclic amines) is 1. The zero-order valence-corrected chi connectivity index (χ0v) is 20.7. The minimum atomic E-state index is -0.793. The Labute approximate surface area is 209 Å². The van der Waals surface area contributed by atoms with Gasteiger partial charge in [0.1, 0.15) is 17.3 Å². The summed E-state index contributed by atoms with van der Waals surface area (Å²) in [5.41, 5.74) is 3.79. The molecule has 3 heterocycles. The van der Waals surface area contributed by atoms with Crippen molar-refractivity contribution in [3.63, 3.8) is 0 Å². The van der Waals surface area contributed by atoms with Crippen LogP contribution in [0.5, 0.6) is 5.75 Å². The molecule has 184 valence electrons. The Bertz CT molecular complexity index is 1490. The van der Waals surface area contributed by atoms with E-state index in [1.54, 1.807) is 30.3 Å². The van der Waals surface area contributed by atoms with Gasteiger partial charge in [0.05, 0.1) is 30.5 Å². The Kier molecular flexibility index (Phi) is 5.92. The average Bonchev–Trinajstić information content (AvgIpc) is 3.53. The molecule has 2 N–H and O–H groups in total. The Morgan fingerprint density at radius 1 is 1.11 bits per heavy atom. The first-order valence-electron chi connectivity index (χ1n) is 11.9. The van der Waals surface area contributed by atoms with Crippen LogP contribution in [0.2, 0.25) is 0 Å². The molecule has 0 saturated carbocycles. The third kappa shape index (κ3) is 3.96. The van der Waals surface area contributed by atoms with Crippen molar-refractivity contribution < 1.29 is 23.8 Å². The van der Waals surface area contributed by atoms with Gasteiger partial charge in [0.15, 0.2) is 0 Å². The van der Waals surface area contributed by atoms with Gasteiger partial charge in [-0.1, -0.05) is 18.2 Å². The van der Waals surface area contributed by atoms with Crippen LogP contribution in [-0.2, 0) is 16.1 Å².